The normalized spacial score (nSPS) is 14.2. The highest BCUT2D eigenvalue weighted by molar-refractivity contribution is 7.47. The van der Waals surface area contributed by atoms with E-state index in [4.69, 9.17) is 9.05 Å². The lowest BCUT2D eigenvalue weighted by atomic mass is 10.0. The van der Waals surface area contributed by atoms with Crippen LogP contribution >= 0.6 is 7.82 Å². The Bertz CT molecular complexity index is 1710. The van der Waals surface area contributed by atoms with Gasteiger partial charge in [-0.15, -0.1) is 0 Å². The van der Waals surface area contributed by atoms with Gasteiger partial charge in [0.2, 0.25) is 5.91 Å². The molecule has 3 unspecified atom stereocenters. The summed E-state index contributed by atoms with van der Waals surface area (Å²) in [5, 5.41) is 14.0. The third-order valence-corrected chi connectivity index (χ3v) is 17.0. The van der Waals surface area contributed by atoms with E-state index in [1.165, 1.54) is 231 Å². The fourth-order valence-corrected chi connectivity index (χ4v) is 11.2. The number of amides is 1. The number of rotatable bonds is 66. The van der Waals surface area contributed by atoms with Gasteiger partial charge in [0.05, 0.1) is 39.9 Å². The van der Waals surface area contributed by atoms with E-state index < -0.39 is 20.0 Å². The van der Waals surface area contributed by atoms with Crippen molar-refractivity contribution < 1.29 is 32.9 Å². The van der Waals surface area contributed by atoms with Crippen LogP contribution in [0.1, 0.15) is 328 Å². The lowest BCUT2D eigenvalue weighted by molar-refractivity contribution is -0.870. The summed E-state index contributed by atoms with van der Waals surface area (Å²) >= 11 is 0. The summed E-state index contributed by atoms with van der Waals surface area (Å²) in [5.74, 6) is -0.183. The van der Waals surface area contributed by atoms with Gasteiger partial charge in [-0.25, -0.2) is 4.57 Å². The summed E-state index contributed by atoms with van der Waals surface area (Å²) in [6, 6.07) is -0.868. The molecule has 0 aromatic heterocycles. The zero-order valence-corrected chi connectivity index (χ0v) is 57.5. The van der Waals surface area contributed by atoms with Crippen LogP contribution in [0.15, 0.2) is 97.2 Å². The molecular weight excluding hydrogens is 1070 g/mol. The zero-order chi connectivity index (χ0) is 61.9. The first-order valence-electron chi connectivity index (χ1n) is 36.1. The average Bonchev–Trinajstić information content (AvgIpc) is 3.49. The number of quaternary nitrogens is 1. The number of aliphatic hydroxyl groups is 1. The van der Waals surface area contributed by atoms with Crippen LogP contribution in [-0.4, -0.2) is 73.4 Å². The lowest BCUT2D eigenvalue weighted by Crippen LogP contribution is -2.45. The molecule has 0 radical (unpaired) electrons. The number of nitrogens with zero attached hydrogens (tertiary/aromatic N) is 1. The van der Waals surface area contributed by atoms with Crippen molar-refractivity contribution in [2.45, 2.75) is 341 Å². The van der Waals surface area contributed by atoms with Crippen molar-refractivity contribution in [2.24, 2.45) is 0 Å². The monoisotopic (exact) mass is 1210 g/mol. The predicted octanol–water partition coefficient (Wildman–Crippen LogP) is 23.3. The third kappa shape index (κ3) is 68.8. The van der Waals surface area contributed by atoms with Crippen molar-refractivity contribution >= 4 is 13.7 Å². The Balaban J connectivity index is 4.03. The van der Waals surface area contributed by atoms with Crippen LogP contribution in [0, 0.1) is 0 Å². The van der Waals surface area contributed by atoms with E-state index in [0.717, 1.165) is 77.0 Å². The van der Waals surface area contributed by atoms with Gasteiger partial charge in [-0.05, 0) is 83.5 Å². The summed E-state index contributed by atoms with van der Waals surface area (Å²) in [4.78, 5) is 23.4. The number of unbranched alkanes of at least 4 members (excludes halogenated alkanes) is 39. The molecule has 0 spiro atoms. The zero-order valence-electron chi connectivity index (χ0n) is 56.6. The largest absolute Gasteiger partial charge is 0.472 e. The van der Waals surface area contributed by atoms with E-state index in [-0.39, 0.29) is 19.1 Å². The summed E-state index contributed by atoms with van der Waals surface area (Å²) in [6.07, 6.45) is 95.7. The fourth-order valence-electron chi connectivity index (χ4n) is 10.5. The van der Waals surface area contributed by atoms with Crippen molar-refractivity contribution in [3.8, 4) is 0 Å². The first-order valence-corrected chi connectivity index (χ1v) is 37.6. The van der Waals surface area contributed by atoms with Gasteiger partial charge in [0.1, 0.15) is 13.2 Å². The number of nitrogens with one attached hydrogen (secondary N) is 1. The molecule has 0 aliphatic carbocycles. The summed E-state index contributed by atoms with van der Waals surface area (Å²) < 4.78 is 23.8. The second-order valence-corrected chi connectivity index (χ2v) is 27.0. The van der Waals surface area contributed by atoms with Crippen LogP contribution in [0.3, 0.4) is 0 Å². The maximum Gasteiger partial charge on any atom is 0.472 e. The van der Waals surface area contributed by atoms with E-state index in [0.29, 0.717) is 17.4 Å². The van der Waals surface area contributed by atoms with Gasteiger partial charge in [-0.1, -0.05) is 336 Å². The van der Waals surface area contributed by atoms with E-state index >= 15 is 0 Å². The molecule has 0 aliphatic heterocycles. The van der Waals surface area contributed by atoms with Crippen LogP contribution in [0.25, 0.3) is 0 Å². The van der Waals surface area contributed by atoms with E-state index in [9.17, 15) is 19.4 Å². The van der Waals surface area contributed by atoms with Crippen molar-refractivity contribution in [2.75, 3.05) is 40.9 Å². The van der Waals surface area contributed by atoms with Gasteiger partial charge in [0.25, 0.3) is 0 Å². The van der Waals surface area contributed by atoms with Gasteiger partial charge in [0, 0.05) is 6.42 Å². The highest BCUT2D eigenvalue weighted by Crippen LogP contribution is 2.43. The average molecular weight is 1210 g/mol. The number of phosphoric acid groups is 1. The Morgan fingerprint density at radius 2 is 0.718 bits per heavy atom. The van der Waals surface area contributed by atoms with Crippen LogP contribution < -0.4 is 5.32 Å². The Morgan fingerprint density at radius 3 is 1.08 bits per heavy atom. The van der Waals surface area contributed by atoms with E-state index in [1.54, 1.807) is 6.08 Å². The minimum absolute atomic E-state index is 0.0550. The van der Waals surface area contributed by atoms with E-state index in [2.05, 4.69) is 104 Å². The van der Waals surface area contributed by atoms with Gasteiger partial charge in [-0.3, -0.25) is 13.8 Å². The van der Waals surface area contributed by atoms with Crippen LogP contribution in [0.5, 0.6) is 0 Å². The second-order valence-electron chi connectivity index (χ2n) is 25.6. The molecule has 8 nitrogen and oxygen atoms in total. The SMILES string of the molecule is CC/C=C\C/C=C\C/C=C\C/C=C\C/C=C\C/C=C\CCCCCCCCCCCCCCCCCCCCCCC(=O)NC(COP(=O)(O)OCC[N+](C)(C)C)C(O)/C=C/CC/C=C/CCCCCCCCCCCCCCCCCCCC. The van der Waals surface area contributed by atoms with Gasteiger partial charge >= 0.3 is 7.82 Å². The fraction of sp³-hybridized carbons (Fsp3) is 0.776. The maximum absolute atomic E-state index is 13.1. The standard InChI is InChI=1S/C76H139N2O6P/c1-6-8-10-12-14-16-18-20-22-24-26-28-30-32-33-34-35-36-37-38-39-40-41-42-43-44-45-46-48-50-52-54-56-58-60-62-64-66-68-70-76(80)77-74(73-84-85(81,82)83-72-71-78(3,4)5)75(79)69-67-65-63-61-59-57-55-53-51-49-47-31-29-27-25-23-21-19-17-15-13-11-9-7-2/h8,10,14,16,20,22,26,28,32-33,35-36,59,61,67,69,74-75,79H,6-7,9,11-13,15,17-19,21,23-25,27,29-31,34,37-58,60,62-66,68,70-73H2,1-5H3,(H-,77,80,81,82)/p+1/b10-8-,16-14-,22-20-,28-26-,33-32-,36-35-,61-59+,69-67+. The van der Waals surface area contributed by atoms with Crippen LogP contribution in [0.2, 0.25) is 0 Å². The highest BCUT2D eigenvalue weighted by Gasteiger charge is 2.28. The van der Waals surface area contributed by atoms with Gasteiger partial charge < -0.3 is 19.8 Å². The van der Waals surface area contributed by atoms with E-state index in [1.807, 2.05) is 27.2 Å². The Morgan fingerprint density at radius 1 is 0.412 bits per heavy atom. The smallest absolute Gasteiger partial charge is 0.387 e. The molecule has 0 rings (SSSR count). The minimum Gasteiger partial charge on any atom is -0.387 e. The molecule has 3 atom stereocenters. The van der Waals surface area contributed by atoms with Gasteiger partial charge in [-0.2, -0.15) is 0 Å². The number of hydrogen-bond donors (Lipinski definition) is 3. The number of likely N-dealkylation sites (N-methyl/N-ethyl adjacent to an activating group) is 1. The number of carbonyl (C=O) groups is 1. The minimum atomic E-state index is -4.36. The molecule has 9 heteroatoms. The predicted molar refractivity (Wildman–Crippen MR) is 373 cm³/mol. The molecule has 0 aliphatic rings. The second kappa shape index (κ2) is 65.9. The molecule has 0 saturated carbocycles. The molecule has 0 heterocycles. The molecule has 0 saturated heterocycles. The van der Waals surface area contributed by atoms with Crippen molar-refractivity contribution in [3.05, 3.63) is 97.2 Å². The lowest BCUT2D eigenvalue weighted by Gasteiger charge is -2.25. The number of aliphatic hydroxyl groups excluding tert-OH is 1. The molecule has 0 fully saturated rings. The topological polar surface area (TPSA) is 105 Å². The van der Waals surface area contributed by atoms with Crippen molar-refractivity contribution in [1.82, 2.24) is 5.32 Å². The maximum atomic E-state index is 13.1. The summed E-state index contributed by atoms with van der Waals surface area (Å²) in [7, 11) is 1.56. The van der Waals surface area contributed by atoms with Crippen molar-refractivity contribution in [1.29, 1.82) is 0 Å². The summed E-state index contributed by atoms with van der Waals surface area (Å²) in [5.41, 5.74) is 0. The third-order valence-electron chi connectivity index (χ3n) is 16.0. The Labute approximate surface area is 528 Å². The van der Waals surface area contributed by atoms with Crippen LogP contribution in [-0.2, 0) is 18.4 Å². The molecule has 0 aromatic carbocycles. The number of carbonyl (C=O) groups excluding carboxylic acids is 1. The molecule has 1 amide bonds. The van der Waals surface area contributed by atoms with Crippen LogP contribution in [0.4, 0.5) is 0 Å². The molecular formula is C76H140N2O6P+. The van der Waals surface area contributed by atoms with Gasteiger partial charge in [0.15, 0.2) is 0 Å². The molecule has 0 bridgehead atoms. The Hall–Kier alpha value is -2.58. The number of phosphoric ester groups is 1. The highest BCUT2D eigenvalue weighted by atomic mass is 31.2. The molecule has 85 heavy (non-hydrogen) atoms. The first kappa shape index (κ1) is 82.4. The molecule has 494 valence electrons. The Kier molecular flexibility index (Phi) is 63.9. The number of allylic oxidation sites excluding steroid dienone is 15. The van der Waals surface area contributed by atoms with Crippen molar-refractivity contribution in [3.63, 3.8) is 0 Å². The molecule has 0 aromatic rings. The number of hydrogen-bond acceptors (Lipinski definition) is 5. The first-order chi connectivity index (χ1) is 41.5. The molecule has 3 N–H and O–H groups in total. The summed E-state index contributed by atoms with van der Waals surface area (Å²) in [6.45, 7) is 4.72. The quantitative estimate of drug-likeness (QED) is 0.0243.